The largest absolute Gasteiger partial charge is 0.497 e. The van der Waals surface area contributed by atoms with Gasteiger partial charge in [-0.25, -0.2) is 0 Å². The van der Waals surface area contributed by atoms with Gasteiger partial charge in [0.15, 0.2) is 5.78 Å². The molecular formula is C20H20O6. The first-order chi connectivity index (χ1) is 12.5. The van der Waals surface area contributed by atoms with Crippen LogP contribution in [-0.2, 0) is 4.79 Å². The van der Waals surface area contributed by atoms with Crippen LogP contribution in [0.3, 0.4) is 0 Å². The van der Waals surface area contributed by atoms with Gasteiger partial charge in [-0.05, 0) is 23.8 Å². The van der Waals surface area contributed by atoms with E-state index in [-0.39, 0.29) is 22.8 Å². The molecule has 0 aromatic heterocycles. The Morgan fingerprint density at radius 2 is 1.46 bits per heavy atom. The third kappa shape index (κ3) is 4.63. The first kappa shape index (κ1) is 19.1. The van der Waals surface area contributed by atoms with Crippen LogP contribution < -0.4 is 18.9 Å². The number of esters is 1. The van der Waals surface area contributed by atoms with E-state index in [2.05, 4.69) is 0 Å². The number of hydrogen-bond acceptors (Lipinski definition) is 6. The van der Waals surface area contributed by atoms with Gasteiger partial charge in [-0.3, -0.25) is 9.59 Å². The molecule has 2 aromatic carbocycles. The summed E-state index contributed by atoms with van der Waals surface area (Å²) in [7, 11) is 4.48. The zero-order valence-corrected chi connectivity index (χ0v) is 15.1. The van der Waals surface area contributed by atoms with Gasteiger partial charge in [-0.1, -0.05) is 18.2 Å². The molecule has 26 heavy (non-hydrogen) atoms. The molecule has 0 bridgehead atoms. The molecule has 0 aliphatic rings. The minimum atomic E-state index is -0.548. The molecule has 0 aliphatic heterocycles. The quantitative estimate of drug-likeness (QED) is 0.248. The molecule has 0 unspecified atom stereocenters. The van der Waals surface area contributed by atoms with Crippen molar-refractivity contribution in [3.8, 4) is 23.0 Å². The van der Waals surface area contributed by atoms with E-state index in [0.717, 1.165) is 11.3 Å². The molecule has 2 rings (SSSR count). The van der Waals surface area contributed by atoms with Gasteiger partial charge in [-0.2, -0.15) is 0 Å². The molecule has 0 atom stereocenters. The molecular weight excluding hydrogens is 339 g/mol. The molecule has 0 aliphatic carbocycles. The van der Waals surface area contributed by atoms with Gasteiger partial charge >= 0.3 is 5.97 Å². The summed E-state index contributed by atoms with van der Waals surface area (Å²) < 4.78 is 20.7. The number of ketones is 1. The van der Waals surface area contributed by atoms with E-state index < -0.39 is 5.97 Å². The van der Waals surface area contributed by atoms with E-state index in [4.69, 9.17) is 18.9 Å². The van der Waals surface area contributed by atoms with Gasteiger partial charge in [-0.15, -0.1) is 0 Å². The van der Waals surface area contributed by atoms with Gasteiger partial charge in [0.05, 0.1) is 21.3 Å². The number of ether oxygens (including phenoxy) is 4. The Morgan fingerprint density at radius 3 is 2.00 bits per heavy atom. The van der Waals surface area contributed by atoms with Crippen molar-refractivity contribution in [2.45, 2.75) is 6.92 Å². The maximum absolute atomic E-state index is 12.7. The third-order valence-electron chi connectivity index (χ3n) is 3.54. The van der Waals surface area contributed by atoms with Crippen LogP contribution in [-0.4, -0.2) is 33.1 Å². The van der Waals surface area contributed by atoms with Crippen molar-refractivity contribution >= 4 is 17.8 Å². The topological polar surface area (TPSA) is 71.1 Å². The van der Waals surface area contributed by atoms with Crippen LogP contribution in [0.2, 0.25) is 0 Å². The number of benzene rings is 2. The van der Waals surface area contributed by atoms with Crippen molar-refractivity contribution in [3.63, 3.8) is 0 Å². The van der Waals surface area contributed by atoms with Gasteiger partial charge in [0, 0.05) is 19.1 Å². The lowest BCUT2D eigenvalue weighted by molar-refractivity contribution is -0.131. The highest BCUT2D eigenvalue weighted by molar-refractivity contribution is 6.11. The second-order valence-corrected chi connectivity index (χ2v) is 5.27. The number of carbonyl (C=O) groups excluding carboxylic acids is 2. The predicted molar refractivity (Wildman–Crippen MR) is 97.2 cm³/mol. The smallest absolute Gasteiger partial charge is 0.308 e. The monoisotopic (exact) mass is 359 g/mol. The van der Waals surface area contributed by atoms with E-state index in [0.29, 0.717) is 5.75 Å². The summed E-state index contributed by atoms with van der Waals surface area (Å²) in [5.41, 5.74) is 0.967. The fraction of sp³-hybridized carbons (Fsp3) is 0.200. The summed E-state index contributed by atoms with van der Waals surface area (Å²) in [4.78, 5) is 24.1. The first-order valence-corrected chi connectivity index (χ1v) is 7.79. The number of allylic oxidation sites excluding steroid dienone is 1. The summed E-state index contributed by atoms with van der Waals surface area (Å²) in [6.07, 6.45) is 3.04. The molecule has 0 radical (unpaired) electrons. The van der Waals surface area contributed by atoms with Crippen molar-refractivity contribution in [3.05, 3.63) is 53.6 Å². The van der Waals surface area contributed by atoms with Crippen LogP contribution in [0.15, 0.2) is 42.5 Å². The van der Waals surface area contributed by atoms with Crippen molar-refractivity contribution in [1.29, 1.82) is 0 Å². The molecule has 0 fully saturated rings. The van der Waals surface area contributed by atoms with Gasteiger partial charge in [0.1, 0.15) is 28.6 Å². The van der Waals surface area contributed by atoms with Crippen LogP contribution >= 0.6 is 0 Å². The van der Waals surface area contributed by atoms with E-state index in [1.807, 2.05) is 12.1 Å². The number of carbonyl (C=O) groups is 2. The molecule has 0 saturated carbocycles. The lowest BCUT2D eigenvalue weighted by Gasteiger charge is -2.13. The van der Waals surface area contributed by atoms with Crippen molar-refractivity contribution < 1.29 is 28.5 Å². The molecule has 136 valence electrons. The van der Waals surface area contributed by atoms with Crippen LogP contribution in [0, 0.1) is 0 Å². The molecule has 0 N–H and O–H groups in total. The lowest BCUT2D eigenvalue weighted by atomic mass is 10.2. The molecule has 0 saturated heterocycles. The van der Waals surface area contributed by atoms with E-state index in [1.165, 1.54) is 33.3 Å². The molecule has 0 spiro atoms. The summed E-state index contributed by atoms with van der Waals surface area (Å²) in [6, 6.07) is 10.3. The minimum Gasteiger partial charge on any atom is -0.497 e. The summed E-state index contributed by atoms with van der Waals surface area (Å²) in [5.74, 6) is 0.560. The fourth-order valence-electron chi connectivity index (χ4n) is 2.29. The molecule has 0 heterocycles. The minimum absolute atomic E-state index is 0.0816. The zero-order valence-electron chi connectivity index (χ0n) is 15.1. The highest BCUT2D eigenvalue weighted by Crippen LogP contribution is 2.35. The van der Waals surface area contributed by atoms with Crippen molar-refractivity contribution in [2.75, 3.05) is 21.3 Å². The van der Waals surface area contributed by atoms with E-state index >= 15 is 0 Å². The standard InChI is InChI=1S/C20H20O6/c1-13(21)26-19-12-16(24-3)11-18(25-4)20(19)17(22)10-7-14-5-8-15(23-2)9-6-14/h5-12H,1-4H3/b10-7+/i7+1,10+1,17+1. The number of methoxy groups -OCH3 is 3. The maximum atomic E-state index is 12.7. The number of rotatable bonds is 7. The maximum Gasteiger partial charge on any atom is 0.308 e. The Labute approximate surface area is 151 Å². The highest BCUT2D eigenvalue weighted by atomic mass is 16.5. The van der Waals surface area contributed by atoms with Crippen LogP contribution in [0.4, 0.5) is 0 Å². The molecule has 2 aromatic rings. The Morgan fingerprint density at radius 1 is 0.846 bits per heavy atom. The first-order valence-electron chi connectivity index (χ1n) is 7.79. The Bertz CT molecular complexity index is 821. The van der Waals surface area contributed by atoms with Crippen LogP contribution in [0.25, 0.3) is 6.08 Å². The van der Waals surface area contributed by atoms with E-state index in [9.17, 15) is 9.59 Å². The van der Waals surface area contributed by atoms with E-state index in [1.54, 1.807) is 31.4 Å². The van der Waals surface area contributed by atoms with Crippen LogP contribution in [0.1, 0.15) is 22.8 Å². The SMILES string of the molecule is COc1ccc(/[13CH]=[13CH]/[13C](=O)c2c(OC)cc(OC)cc2OC(C)=O)cc1. The summed E-state index contributed by atoms with van der Waals surface area (Å²) >= 11 is 0. The lowest BCUT2D eigenvalue weighted by Crippen LogP contribution is -2.08. The van der Waals surface area contributed by atoms with Gasteiger partial charge < -0.3 is 18.9 Å². The van der Waals surface area contributed by atoms with Crippen molar-refractivity contribution in [2.24, 2.45) is 0 Å². The second-order valence-electron chi connectivity index (χ2n) is 5.27. The Kier molecular flexibility index (Phi) is 6.38. The second kappa shape index (κ2) is 8.71. The normalized spacial score (nSPS) is 10.5. The number of hydrogen-bond donors (Lipinski definition) is 0. The molecule has 0 amide bonds. The summed E-state index contributed by atoms with van der Waals surface area (Å²) in [5, 5.41) is 0. The third-order valence-corrected chi connectivity index (χ3v) is 3.54. The van der Waals surface area contributed by atoms with Crippen LogP contribution in [0.5, 0.6) is 23.0 Å². The highest BCUT2D eigenvalue weighted by Gasteiger charge is 2.20. The van der Waals surface area contributed by atoms with Gasteiger partial charge in [0.2, 0.25) is 0 Å². The van der Waals surface area contributed by atoms with Gasteiger partial charge in [0.25, 0.3) is 0 Å². The summed E-state index contributed by atoms with van der Waals surface area (Å²) in [6.45, 7) is 1.26. The van der Waals surface area contributed by atoms with Crippen molar-refractivity contribution in [1.82, 2.24) is 0 Å². The fourth-order valence-corrected chi connectivity index (χ4v) is 2.29. The average Bonchev–Trinajstić information content (AvgIpc) is 2.65. The molecule has 6 heteroatoms. The zero-order chi connectivity index (χ0) is 19.1. The Hall–Kier alpha value is -3.28. The average molecular weight is 359 g/mol. The molecule has 6 nitrogen and oxygen atoms in total. The predicted octanol–water partition coefficient (Wildman–Crippen LogP) is 3.53. The Balaban J connectivity index is 2.38.